The summed E-state index contributed by atoms with van der Waals surface area (Å²) in [7, 11) is 3.78. The van der Waals surface area contributed by atoms with E-state index in [4.69, 9.17) is 4.74 Å². The normalized spacial score (nSPS) is 34.0. The monoisotopic (exact) mass is 301 g/mol. The maximum absolute atomic E-state index is 12.2. The average Bonchev–Trinajstić information content (AvgIpc) is 2.50. The molecule has 3 aliphatic rings. The standard InChI is InChI=1S/C18H23NO3/c1-19-8-7-18-10-12(20)4-5-13(18)14(19)9-11-3-6-15(22-2)17(21)16(11)18/h3,6,13-14,21H,4-5,7-10H2,1-2H3/t13-,14+,18-/m0/s1. The molecule has 4 heteroatoms. The number of rotatable bonds is 1. The Bertz CT molecular complexity index is 641. The maximum Gasteiger partial charge on any atom is 0.161 e. The molecular weight excluding hydrogens is 278 g/mol. The molecule has 1 heterocycles. The Hall–Kier alpha value is -1.55. The molecule has 3 atom stereocenters. The molecule has 0 aromatic heterocycles. The van der Waals surface area contributed by atoms with Gasteiger partial charge in [0, 0.05) is 29.9 Å². The second kappa shape index (κ2) is 4.72. The number of carbonyl (C=O) groups is 1. The summed E-state index contributed by atoms with van der Waals surface area (Å²) >= 11 is 0. The highest BCUT2D eigenvalue weighted by Crippen LogP contribution is 2.58. The molecule has 1 saturated heterocycles. The van der Waals surface area contributed by atoms with Crippen molar-refractivity contribution in [3.05, 3.63) is 23.3 Å². The van der Waals surface area contributed by atoms with Crippen molar-refractivity contribution >= 4 is 5.78 Å². The molecule has 1 N–H and O–H groups in total. The number of Topliss-reactive ketones (excluding diaryl/α,β-unsaturated/α-hetero) is 1. The number of hydrogen-bond acceptors (Lipinski definition) is 4. The maximum atomic E-state index is 12.2. The molecule has 2 aliphatic carbocycles. The van der Waals surface area contributed by atoms with Gasteiger partial charge in [0.05, 0.1) is 7.11 Å². The third kappa shape index (κ3) is 1.70. The van der Waals surface area contributed by atoms with Gasteiger partial charge in [-0.15, -0.1) is 0 Å². The SMILES string of the molecule is COc1ccc2c(c1O)[C@]13CCN(C)[C@H](C2)[C@@H]1CCC(=O)C3. The number of benzene rings is 1. The fourth-order valence-corrected chi connectivity index (χ4v) is 5.27. The van der Waals surface area contributed by atoms with Gasteiger partial charge in [0.15, 0.2) is 11.5 Å². The second-order valence-electron chi connectivity index (χ2n) is 7.17. The molecule has 118 valence electrons. The number of methoxy groups -OCH3 is 1. The van der Waals surface area contributed by atoms with Crippen molar-refractivity contribution in [2.75, 3.05) is 20.7 Å². The molecule has 0 unspecified atom stereocenters. The van der Waals surface area contributed by atoms with Crippen molar-refractivity contribution < 1.29 is 14.6 Å². The molecule has 0 radical (unpaired) electrons. The second-order valence-corrected chi connectivity index (χ2v) is 7.17. The van der Waals surface area contributed by atoms with E-state index >= 15 is 0 Å². The highest BCUT2D eigenvalue weighted by molar-refractivity contribution is 5.82. The number of piperidine rings is 1. The van der Waals surface area contributed by atoms with Crippen LogP contribution in [0, 0.1) is 5.92 Å². The van der Waals surface area contributed by atoms with Gasteiger partial charge in [-0.3, -0.25) is 4.79 Å². The van der Waals surface area contributed by atoms with Crippen molar-refractivity contribution in [2.24, 2.45) is 5.92 Å². The number of carbonyl (C=O) groups excluding carboxylic acids is 1. The fraction of sp³-hybridized carbons (Fsp3) is 0.611. The first-order chi connectivity index (χ1) is 10.6. The van der Waals surface area contributed by atoms with Crippen molar-refractivity contribution in [1.29, 1.82) is 0 Å². The number of likely N-dealkylation sites (N-methyl/N-ethyl adjacent to an activating group) is 1. The van der Waals surface area contributed by atoms with Crippen LogP contribution in [0.15, 0.2) is 12.1 Å². The summed E-state index contributed by atoms with van der Waals surface area (Å²) in [5.41, 5.74) is 2.02. The van der Waals surface area contributed by atoms with Crippen LogP contribution in [0.4, 0.5) is 0 Å². The van der Waals surface area contributed by atoms with Gasteiger partial charge in [0.25, 0.3) is 0 Å². The highest BCUT2D eigenvalue weighted by Gasteiger charge is 2.56. The van der Waals surface area contributed by atoms with E-state index in [1.54, 1.807) is 7.11 Å². The number of ketones is 1. The summed E-state index contributed by atoms with van der Waals surface area (Å²) in [6, 6.07) is 4.42. The van der Waals surface area contributed by atoms with Crippen LogP contribution in [0.2, 0.25) is 0 Å². The van der Waals surface area contributed by atoms with E-state index < -0.39 is 0 Å². The number of ether oxygens (including phenoxy) is 1. The molecule has 0 amide bonds. The lowest BCUT2D eigenvalue weighted by molar-refractivity contribution is -0.126. The molecule has 2 bridgehead atoms. The number of phenols is 1. The van der Waals surface area contributed by atoms with Gasteiger partial charge >= 0.3 is 0 Å². The molecule has 4 rings (SSSR count). The number of phenolic OH excluding ortho intramolecular Hbond substituents is 1. The van der Waals surface area contributed by atoms with Crippen molar-refractivity contribution in [2.45, 2.75) is 43.6 Å². The Kier molecular flexibility index (Phi) is 3.02. The summed E-state index contributed by atoms with van der Waals surface area (Å²) < 4.78 is 5.33. The van der Waals surface area contributed by atoms with E-state index in [0.717, 1.165) is 31.4 Å². The number of nitrogens with zero attached hydrogens (tertiary/aromatic N) is 1. The van der Waals surface area contributed by atoms with Crippen LogP contribution in [0.1, 0.15) is 36.8 Å². The predicted octanol–water partition coefficient (Wildman–Crippen LogP) is 2.27. The van der Waals surface area contributed by atoms with Gasteiger partial charge in [0.1, 0.15) is 5.78 Å². The van der Waals surface area contributed by atoms with E-state index in [1.165, 1.54) is 5.56 Å². The van der Waals surface area contributed by atoms with Gasteiger partial charge in [-0.25, -0.2) is 0 Å². The first-order valence-electron chi connectivity index (χ1n) is 8.18. The molecule has 2 fully saturated rings. The predicted molar refractivity (Wildman–Crippen MR) is 83.4 cm³/mol. The lowest BCUT2D eigenvalue weighted by Crippen LogP contribution is -2.60. The smallest absolute Gasteiger partial charge is 0.161 e. The third-order valence-corrected chi connectivity index (χ3v) is 6.27. The van der Waals surface area contributed by atoms with Gasteiger partial charge in [-0.05, 0) is 50.4 Å². The Balaban J connectivity index is 1.95. The van der Waals surface area contributed by atoms with Crippen molar-refractivity contribution in [3.63, 3.8) is 0 Å². The summed E-state index contributed by atoms with van der Waals surface area (Å²) in [4.78, 5) is 14.7. The largest absolute Gasteiger partial charge is 0.504 e. The lowest BCUT2D eigenvalue weighted by Gasteiger charge is -2.58. The minimum atomic E-state index is -0.182. The molecule has 1 aromatic carbocycles. The Morgan fingerprint density at radius 3 is 3.00 bits per heavy atom. The van der Waals surface area contributed by atoms with Gasteiger partial charge < -0.3 is 14.7 Å². The van der Waals surface area contributed by atoms with E-state index in [2.05, 4.69) is 18.0 Å². The summed E-state index contributed by atoms with van der Waals surface area (Å²) in [6.07, 6.45) is 4.13. The van der Waals surface area contributed by atoms with Crippen LogP contribution in [0.5, 0.6) is 11.5 Å². The molecule has 1 saturated carbocycles. The topological polar surface area (TPSA) is 49.8 Å². The number of hydrogen-bond donors (Lipinski definition) is 1. The summed E-state index contributed by atoms with van der Waals surface area (Å²) in [5, 5.41) is 10.8. The van der Waals surface area contributed by atoms with Crippen LogP contribution in [-0.4, -0.2) is 42.5 Å². The number of aromatic hydroxyl groups is 1. The fourth-order valence-electron chi connectivity index (χ4n) is 5.27. The van der Waals surface area contributed by atoms with Gasteiger partial charge in [-0.1, -0.05) is 6.07 Å². The van der Waals surface area contributed by atoms with Crippen molar-refractivity contribution in [3.8, 4) is 11.5 Å². The van der Waals surface area contributed by atoms with Gasteiger partial charge in [0.2, 0.25) is 0 Å². The summed E-state index contributed by atoms with van der Waals surface area (Å²) in [5.74, 6) is 1.61. The molecule has 0 spiro atoms. The van der Waals surface area contributed by atoms with E-state index in [-0.39, 0.29) is 11.2 Å². The number of fused-ring (bicyclic) bond motifs is 1. The molecule has 1 aliphatic heterocycles. The first-order valence-corrected chi connectivity index (χ1v) is 8.18. The van der Waals surface area contributed by atoms with Gasteiger partial charge in [-0.2, -0.15) is 0 Å². The van der Waals surface area contributed by atoms with E-state index in [9.17, 15) is 9.90 Å². The van der Waals surface area contributed by atoms with Crippen LogP contribution < -0.4 is 4.74 Å². The zero-order chi connectivity index (χ0) is 15.5. The Morgan fingerprint density at radius 1 is 1.41 bits per heavy atom. The van der Waals surface area contributed by atoms with E-state index in [0.29, 0.717) is 36.3 Å². The van der Waals surface area contributed by atoms with Crippen LogP contribution in [0.25, 0.3) is 0 Å². The third-order valence-electron chi connectivity index (χ3n) is 6.27. The minimum absolute atomic E-state index is 0.182. The first kappa shape index (κ1) is 14.1. The zero-order valence-electron chi connectivity index (χ0n) is 13.3. The highest BCUT2D eigenvalue weighted by atomic mass is 16.5. The zero-order valence-corrected chi connectivity index (χ0v) is 13.3. The van der Waals surface area contributed by atoms with E-state index in [1.807, 2.05) is 6.07 Å². The Labute approximate surface area is 131 Å². The summed E-state index contributed by atoms with van der Waals surface area (Å²) in [6.45, 7) is 0.991. The van der Waals surface area contributed by atoms with Crippen LogP contribution in [0.3, 0.4) is 0 Å². The van der Waals surface area contributed by atoms with Crippen molar-refractivity contribution in [1.82, 2.24) is 4.90 Å². The minimum Gasteiger partial charge on any atom is -0.504 e. The lowest BCUT2D eigenvalue weighted by atomic mass is 9.52. The molecule has 4 nitrogen and oxygen atoms in total. The number of likely N-dealkylation sites (tertiary alicyclic amines) is 1. The molecule has 22 heavy (non-hydrogen) atoms. The quantitative estimate of drug-likeness (QED) is 0.864. The molecule has 1 aromatic rings. The van der Waals surface area contributed by atoms with Crippen LogP contribution >= 0.6 is 0 Å². The van der Waals surface area contributed by atoms with Crippen LogP contribution in [-0.2, 0) is 16.6 Å². The average molecular weight is 301 g/mol. The Morgan fingerprint density at radius 2 is 2.23 bits per heavy atom. The molecular formula is C18H23NO3.